The Balaban J connectivity index is 2.21. The van der Waals surface area contributed by atoms with Gasteiger partial charge in [-0.05, 0) is 19.4 Å². The van der Waals surface area contributed by atoms with Crippen LogP contribution in [0.5, 0.6) is 0 Å². The van der Waals surface area contributed by atoms with Crippen molar-refractivity contribution in [2.45, 2.75) is 26.1 Å². The van der Waals surface area contributed by atoms with Gasteiger partial charge in [-0.2, -0.15) is 5.26 Å². The minimum absolute atomic E-state index is 0.105. The molecule has 22 heavy (non-hydrogen) atoms. The third-order valence-electron chi connectivity index (χ3n) is 3.26. The standard InChI is InChI=1S/C18H16FNO2/c1-13-3-7-15(8-4-13)11-22-17(21)18(19,12-20)16-9-5-14(2)6-10-16/h3-10H,11H2,1-2H3/i11D/t11-,18?/m0/s1. The Kier molecular flexibility index (Phi) is 4.15. The molecule has 0 aliphatic carbocycles. The number of nitrogens with zero attached hydrogens (tertiary/aromatic N) is 1. The number of nitriles is 1. The maximum absolute atomic E-state index is 14.8. The van der Waals surface area contributed by atoms with E-state index in [0.717, 1.165) is 11.1 Å². The maximum atomic E-state index is 14.8. The average Bonchev–Trinajstić information content (AvgIpc) is 2.55. The minimum atomic E-state index is -2.93. The van der Waals surface area contributed by atoms with Crippen molar-refractivity contribution in [1.82, 2.24) is 0 Å². The molecule has 0 amide bonds. The third kappa shape index (κ3) is 3.32. The molecule has 4 heteroatoms. The Bertz CT molecular complexity index is 737. The summed E-state index contributed by atoms with van der Waals surface area (Å²) in [5.74, 6) is -1.38. The first-order valence-electron chi connectivity index (χ1n) is 7.32. The van der Waals surface area contributed by atoms with E-state index in [1.807, 2.05) is 13.8 Å². The highest BCUT2D eigenvalue weighted by molar-refractivity contribution is 5.84. The first kappa shape index (κ1) is 14.3. The van der Waals surface area contributed by atoms with Crippen molar-refractivity contribution in [2.75, 3.05) is 0 Å². The lowest BCUT2D eigenvalue weighted by Crippen LogP contribution is -2.31. The highest BCUT2D eigenvalue weighted by Gasteiger charge is 2.43. The van der Waals surface area contributed by atoms with Crippen LogP contribution in [0.25, 0.3) is 0 Å². The monoisotopic (exact) mass is 298 g/mol. The lowest BCUT2D eigenvalue weighted by Gasteiger charge is -2.17. The zero-order chi connectivity index (χ0) is 17.0. The van der Waals surface area contributed by atoms with Gasteiger partial charge in [-0.15, -0.1) is 0 Å². The van der Waals surface area contributed by atoms with Crippen molar-refractivity contribution >= 4 is 5.97 Å². The van der Waals surface area contributed by atoms with Crippen LogP contribution >= 0.6 is 0 Å². The lowest BCUT2D eigenvalue weighted by molar-refractivity contribution is -0.156. The van der Waals surface area contributed by atoms with Crippen LogP contribution in [0.3, 0.4) is 0 Å². The largest absolute Gasteiger partial charge is 0.457 e. The van der Waals surface area contributed by atoms with Gasteiger partial charge in [-0.3, -0.25) is 0 Å². The highest BCUT2D eigenvalue weighted by Crippen LogP contribution is 2.27. The van der Waals surface area contributed by atoms with Gasteiger partial charge in [0.2, 0.25) is 0 Å². The van der Waals surface area contributed by atoms with E-state index >= 15 is 0 Å². The molecule has 0 bridgehead atoms. The number of ether oxygens (including phenoxy) is 1. The van der Waals surface area contributed by atoms with Gasteiger partial charge in [0.25, 0.3) is 0 Å². The number of carbonyl (C=O) groups is 1. The van der Waals surface area contributed by atoms with Crippen molar-refractivity contribution in [3.63, 3.8) is 0 Å². The van der Waals surface area contributed by atoms with E-state index in [-0.39, 0.29) is 5.56 Å². The molecule has 0 aliphatic heterocycles. The van der Waals surface area contributed by atoms with Gasteiger partial charge in [-0.25, -0.2) is 9.18 Å². The molecule has 0 saturated carbocycles. The number of aryl methyl sites for hydroxylation is 2. The smallest absolute Gasteiger partial charge is 0.364 e. The molecular formula is C18H16FNO2. The first-order valence-corrected chi connectivity index (χ1v) is 6.74. The van der Waals surface area contributed by atoms with E-state index in [1.165, 1.54) is 18.2 Å². The van der Waals surface area contributed by atoms with E-state index in [2.05, 4.69) is 0 Å². The summed E-state index contributed by atoms with van der Waals surface area (Å²) in [6.07, 6.45) is 0. The fourth-order valence-electron chi connectivity index (χ4n) is 1.86. The van der Waals surface area contributed by atoms with Crippen LogP contribution in [-0.2, 0) is 21.8 Å². The number of esters is 1. The number of halogens is 1. The summed E-state index contributed by atoms with van der Waals surface area (Å²) in [5, 5.41) is 9.11. The average molecular weight is 298 g/mol. The van der Waals surface area contributed by atoms with Crippen LogP contribution in [0.4, 0.5) is 4.39 Å². The van der Waals surface area contributed by atoms with Gasteiger partial charge in [0.05, 0.1) is 1.37 Å². The molecule has 0 aliphatic rings. The molecule has 0 fully saturated rings. The molecule has 3 nitrogen and oxygen atoms in total. The molecule has 0 heterocycles. The maximum Gasteiger partial charge on any atom is 0.364 e. The zero-order valence-electron chi connectivity index (χ0n) is 13.3. The second-order valence-corrected chi connectivity index (χ2v) is 5.07. The Labute approximate surface area is 130 Å². The summed E-state index contributed by atoms with van der Waals surface area (Å²) in [7, 11) is 0. The highest BCUT2D eigenvalue weighted by atomic mass is 19.1. The van der Waals surface area contributed by atoms with Gasteiger partial charge in [0.15, 0.2) is 0 Å². The summed E-state index contributed by atoms with van der Waals surface area (Å²) in [6.45, 7) is 2.30. The number of alkyl halides is 1. The molecular weight excluding hydrogens is 281 g/mol. The van der Waals surface area contributed by atoms with Crippen LogP contribution in [0, 0.1) is 25.2 Å². The molecule has 0 aromatic heterocycles. The Morgan fingerprint density at radius 1 is 1.18 bits per heavy atom. The van der Waals surface area contributed by atoms with Crippen LogP contribution < -0.4 is 0 Å². The molecule has 0 N–H and O–H groups in total. The quantitative estimate of drug-likeness (QED) is 0.808. The summed E-state index contributed by atoms with van der Waals surface area (Å²) in [4.78, 5) is 12.1. The second-order valence-electron chi connectivity index (χ2n) is 5.07. The minimum Gasteiger partial charge on any atom is -0.457 e. The first-order chi connectivity index (χ1) is 10.9. The number of hydrogen-bond donors (Lipinski definition) is 0. The topological polar surface area (TPSA) is 50.1 Å². The third-order valence-corrected chi connectivity index (χ3v) is 3.26. The van der Waals surface area contributed by atoms with Gasteiger partial charge in [0.1, 0.15) is 12.7 Å². The summed E-state index contributed by atoms with van der Waals surface area (Å²) in [6, 6.07) is 14.1. The van der Waals surface area contributed by atoms with Crippen LogP contribution in [0.15, 0.2) is 48.5 Å². The Hall–Kier alpha value is -2.67. The summed E-state index contributed by atoms with van der Waals surface area (Å²) in [5.41, 5.74) is -0.762. The van der Waals surface area contributed by atoms with E-state index in [4.69, 9.17) is 11.4 Å². The van der Waals surface area contributed by atoms with Crippen LogP contribution in [0.1, 0.15) is 23.6 Å². The normalized spacial score (nSPS) is 15.1. The van der Waals surface area contributed by atoms with Crippen molar-refractivity contribution < 1.29 is 15.3 Å². The number of hydrogen-bond acceptors (Lipinski definition) is 3. The van der Waals surface area contributed by atoms with Crippen molar-refractivity contribution in [3.8, 4) is 6.07 Å². The summed E-state index contributed by atoms with van der Waals surface area (Å²) < 4.78 is 27.5. The van der Waals surface area contributed by atoms with Crippen LogP contribution in [-0.4, -0.2) is 5.97 Å². The molecule has 0 saturated heterocycles. The molecule has 0 radical (unpaired) electrons. The predicted molar refractivity (Wildman–Crippen MR) is 80.6 cm³/mol. The molecule has 2 aromatic carbocycles. The molecule has 2 rings (SSSR count). The molecule has 2 aromatic rings. The van der Waals surface area contributed by atoms with E-state index in [9.17, 15) is 9.18 Å². The molecule has 2 atom stereocenters. The predicted octanol–water partition coefficient (Wildman–Crippen LogP) is 3.74. The zero-order valence-corrected chi connectivity index (χ0v) is 12.3. The number of rotatable bonds is 4. The second kappa shape index (κ2) is 6.40. The van der Waals surface area contributed by atoms with Crippen molar-refractivity contribution in [1.29, 1.82) is 5.26 Å². The molecule has 0 spiro atoms. The number of carbonyl (C=O) groups excluding carboxylic acids is 1. The van der Waals surface area contributed by atoms with Crippen LogP contribution in [0.2, 0.25) is 0 Å². The Morgan fingerprint density at radius 2 is 1.68 bits per heavy atom. The van der Waals surface area contributed by atoms with Gasteiger partial charge >= 0.3 is 11.6 Å². The fourth-order valence-corrected chi connectivity index (χ4v) is 1.86. The van der Waals surface area contributed by atoms with E-state index in [1.54, 1.807) is 36.4 Å². The SMILES string of the molecule is [2H][C@H](OC(=O)C(F)(C#N)c1ccc(C)cc1)c1ccc(C)cc1. The molecule has 1 unspecified atom stereocenters. The van der Waals surface area contributed by atoms with Crippen molar-refractivity contribution in [3.05, 3.63) is 70.8 Å². The van der Waals surface area contributed by atoms with Gasteiger partial charge in [-0.1, -0.05) is 59.7 Å². The van der Waals surface area contributed by atoms with Crippen molar-refractivity contribution in [2.24, 2.45) is 0 Å². The van der Waals surface area contributed by atoms with E-state index < -0.39 is 18.2 Å². The Morgan fingerprint density at radius 3 is 2.18 bits per heavy atom. The van der Waals surface area contributed by atoms with E-state index in [0.29, 0.717) is 5.56 Å². The fraction of sp³-hybridized carbons (Fsp3) is 0.222. The number of benzene rings is 2. The lowest BCUT2D eigenvalue weighted by atomic mass is 9.96. The van der Waals surface area contributed by atoms with Gasteiger partial charge in [0, 0.05) is 5.56 Å². The van der Waals surface area contributed by atoms with Gasteiger partial charge < -0.3 is 4.74 Å². The molecule has 112 valence electrons. The summed E-state index contributed by atoms with van der Waals surface area (Å²) >= 11 is 0.